The Hall–Kier alpha value is -2.35. The van der Waals surface area contributed by atoms with Crippen LogP contribution in [0.15, 0.2) is 24.3 Å². The third-order valence-electron chi connectivity index (χ3n) is 3.70. The van der Waals surface area contributed by atoms with Crippen LogP contribution >= 0.6 is 11.8 Å². The number of esters is 1. The first-order valence-electron chi connectivity index (χ1n) is 7.34. The molecule has 7 nitrogen and oxygen atoms in total. The average Bonchev–Trinajstić information content (AvgIpc) is 2.80. The molecule has 2 rings (SSSR count). The molecule has 3 amide bonds. The Morgan fingerprint density at radius 1 is 1.21 bits per heavy atom. The maximum Gasteiger partial charge on any atom is 0.330 e. The number of primary amides is 1. The summed E-state index contributed by atoms with van der Waals surface area (Å²) in [6.45, 7) is 1.34. The summed E-state index contributed by atoms with van der Waals surface area (Å²) in [6, 6.07) is 5.29. The van der Waals surface area contributed by atoms with Crippen LogP contribution in [-0.2, 0) is 14.3 Å². The van der Waals surface area contributed by atoms with E-state index in [0.717, 1.165) is 4.90 Å². The normalized spacial score (nSPS) is 15.8. The van der Waals surface area contributed by atoms with Gasteiger partial charge < -0.3 is 10.5 Å². The number of hydrogen-bond acceptors (Lipinski definition) is 6. The Kier molecular flexibility index (Phi) is 5.61. The van der Waals surface area contributed by atoms with Gasteiger partial charge in [0.05, 0.1) is 11.1 Å². The average molecular weight is 350 g/mol. The molecule has 0 unspecified atom stereocenters. The predicted molar refractivity (Wildman–Crippen MR) is 88.5 cm³/mol. The van der Waals surface area contributed by atoms with Gasteiger partial charge in [-0.1, -0.05) is 12.1 Å². The van der Waals surface area contributed by atoms with E-state index in [1.54, 1.807) is 24.3 Å². The van der Waals surface area contributed by atoms with Crippen LogP contribution in [0.1, 0.15) is 34.1 Å². The summed E-state index contributed by atoms with van der Waals surface area (Å²) in [4.78, 5) is 49.5. The number of carbonyl (C=O) groups excluding carboxylic acids is 4. The fourth-order valence-corrected chi connectivity index (χ4v) is 2.84. The molecule has 1 aliphatic heterocycles. The third-order valence-corrected chi connectivity index (χ3v) is 4.34. The van der Waals surface area contributed by atoms with Crippen molar-refractivity contribution in [2.24, 2.45) is 5.73 Å². The van der Waals surface area contributed by atoms with E-state index in [1.807, 2.05) is 6.26 Å². The summed E-state index contributed by atoms with van der Waals surface area (Å²) >= 11 is 1.47. The van der Waals surface area contributed by atoms with E-state index in [9.17, 15) is 19.2 Å². The molecule has 2 N–H and O–H groups in total. The van der Waals surface area contributed by atoms with Crippen molar-refractivity contribution < 1.29 is 23.9 Å². The summed E-state index contributed by atoms with van der Waals surface area (Å²) in [6.07, 6.45) is 0.942. The fraction of sp³-hybridized carbons (Fsp3) is 0.375. The molecule has 0 saturated carbocycles. The number of benzene rings is 1. The van der Waals surface area contributed by atoms with Crippen LogP contribution in [0, 0.1) is 0 Å². The molecule has 2 atom stereocenters. The van der Waals surface area contributed by atoms with Crippen molar-refractivity contribution in [3.63, 3.8) is 0 Å². The molecule has 1 aromatic rings. The number of fused-ring (bicyclic) bond motifs is 1. The number of amides is 3. The Morgan fingerprint density at radius 2 is 1.75 bits per heavy atom. The molecule has 1 aliphatic rings. The van der Waals surface area contributed by atoms with E-state index in [-0.39, 0.29) is 17.5 Å². The number of carbonyl (C=O) groups is 4. The van der Waals surface area contributed by atoms with Crippen LogP contribution < -0.4 is 5.73 Å². The number of hydrogen-bond donors (Lipinski definition) is 1. The summed E-state index contributed by atoms with van der Waals surface area (Å²) < 4.78 is 5.01. The fourth-order valence-electron chi connectivity index (χ4n) is 2.38. The van der Waals surface area contributed by atoms with E-state index in [1.165, 1.54) is 18.7 Å². The van der Waals surface area contributed by atoms with Crippen molar-refractivity contribution in [3.05, 3.63) is 35.4 Å². The molecule has 24 heavy (non-hydrogen) atoms. The minimum Gasteiger partial charge on any atom is -0.451 e. The van der Waals surface area contributed by atoms with Gasteiger partial charge in [-0.25, -0.2) is 4.79 Å². The molecule has 0 fully saturated rings. The van der Waals surface area contributed by atoms with E-state index in [2.05, 4.69) is 0 Å². The standard InChI is InChI=1S/C16H18N2O5S/c1-9(13(17)19)23-16(22)12(7-8-24-2)18-14(20)10-5-3-4-6-11(10)15(18)21/h3-6,9,12H,7-8H2,1-2H3,(H2,17,19)/t9-,12+/m0/s1. The molecule has 0 spiro atoms. The minimum absolute atomic E-state index is 0.233. The quantitative estimate of drug-likeness (QED) is 0.576. The van der Waals surface area contributed by atoms with Crippen molar-refractivity contribution in [2.75, 3.05) is 12.0 Å². The van der Waals surface area contributed by atoms with Gasteiger partial charge in [0.25, 0.3) is 17.7 Å². The van der Waals surface area contributed by atoms with Gasteiger partial charge in [-0.15, -0.1) is 0 Å². The maximum absolute atomic E-state index is 12.5. The topological polar surface area (TPSA) is 107 Å². The smallest absolute Gasteiger partial charge is 0.330 e. The highest BCUT2D eigenvalue weighted by Crippen LogP contribution is 2.26. The first-order chi connectivity index (χ1) is 11.4. The van der Waals surface area contributed by atoms with Crippen LogP contribution in [0.4, 0.5) is 0 Å². The van der Waals surface area contributed by atoms with Crippen LogP contribution in [0.5, 0.6) is 0 Å². The first kappa shape index (κ1) is 18.0. The zero-order chi connectivity index (χ0) is 17.9. The van der Waals surface area contributed by atoms with E-state index >= 15 is 0 Å². The maximum atomic E-state index is 12.5. The molecule has 0 radical (unpaired) electrons. The number of nitrogens with zero attached hydrogens (tertiary/aromatic N) is 1. The highest BCUT2D eigenvalue weighted by Gasteiger charge is 2.43. The zero-order valence-electron chi connectivity index (χ0n) is 13.4. The predicted octanol–water partition coefficient (Wildman–Crippen LogP) is 0.821. The molecule has 128 valence electrons. The molecule has 0 aliphatic carbocycles. The molecule has 0 aromatic heterocycles. The van der Waals surface area contributed by atoms with E-state index < -0.39 is 35.8 Å². The molecule has 1 aromatic carbocycles. The third kappa shape index (κ3) is 3.43. The SMILES string of the molecule is CSCC[C@H](C(=O)O[C@@H](C)C(N)=O)N1C(=O)c2ccccc2C1=O. The van der Waals surface area contributed by atoms with Crippen molar-refractivity contribution in [3.8, 4) is 0 Å². The Bertz CT molecular complexity index is 656. The highest BCUT2D eigenvalue weighted by atomic mass is 32.2. The molecular formula is C16H18N2O5S. The van der Waals surface area contributed by atoms with Crippen LogP contribution in [-0.4, -0.2) is 52.7 Å². The first-order valence-corrected chi connectivity index (χ1v) is 8.73. The second kappa shape index (κ2) is 7.48. The Balaban J connectivity index is 2.29. The molecule has 0 saturated heterocycles. The number of nitrogens with two attached hydrogens (primary N) is 1. The van der Waals surface area contributed by atoms with Gasteiger partial charge in [-0.05, 0) is 37.5 Å². The van der Waals surface area contributed by atoms with Crippen molar-refractivity contribution in [1.82, 2.24) is 4.90 Å². The molecule has 0 bridgehead atoms. The van der Waals surface area contributed by atoms with Crippen LogP contribution in [0.3, 0.4) is 0 Å². The second-order valence-corrected chi connectivity index (χ2v) is 6.29. The van der Waals surface area contributed by atoms with Gasteiger partial charge in [-0.3, -0.25) is 19.3 Å². The minimum atomic E-state index is -1.13. The van der Waals surface area contributed by atoms with Gasteiger partial charge in [0.2, 0.25) is 0 Å². The lowest BCUT2D eigenvalue weighted by Gasteiger charge is -2.25. The molecule has 1 heterocycles. The summed E-state index contributed by atoms with van der Waals surface area (Å²) in [7, 11) is 0. The monoisotopic (exact) mass is 350 g/mol. The number of imide groups is 1. The summed E-state index contributed by atoms with van der Waals surface area (Å²) in [5.41, 5.74) is 5.61. The lowest BCUT2D eigenvalue weighted by molar-refractivity contribution is -0.157. The van der Waals surface area contributed by atoms with Gasteiger partial charge in [0.1, 0.15) is 6.04 Å². The summed E-state index contributed by atoms with van der Waals surface area (Å²) in [5, 5.41) is 0. The van der Waals surface area contributed by atoms with Gasteiger partial charge >= 0.3 is 5.97 Å². The molecule has 8 heteroatoms. The largest absolute Gasteiger partial charge is 0.451 e. The van der Waals surface area contributed by atoms with Gasteiger partial charge in [-0.2, -0.15) is 11.8 Å². The van der Waals surface area contributed by atoms with Crippen molar-refractivity contribution in [2.45, 2.75) is 25.5 Å². The van der Waals surface area contributed by atoms with Crippen molar-refractivity contribution >= 4 is 35.5 Å². The lowest BCUT2D eigenvalue weighted by atomic mass is 10.1. The van der Waals surface area contributed by atoms with Crippen LogP contribution in [0.2, 0.25) is 0 Å². The number of ether oxygens (including phenoxy) is 1. The van der Waals surface area contributed by atoms with Gasteiger partial charge in [0.15, 0.2) is 6.10 Å². The number of thioether (sulfide) groups is 1. The zero-order valence-corrected chi connectivity index (χ0v) is 14.2. The second-order valence-electron chi connectivity index (χ2n) is 5.30. The number of rotatable bonds is 7. The highest BCUT2D eigenvalue weighted by molar-refractivity contribution is 7.98. The van der Waals surface area contributed by atoms with Crippen molar-refractivity contribution in [1.29, 1.82) is 0 Å². The summed E-state index contributed by atoms with van der Waals surface area (Å²) in [5.74, 6) is -2.15. The Labute approximate surface area is 143 Å². The van der Waals surface area contributed by atoms with Gasteiger partial charge in [0, 0.05) is 0 Å². The van der Waals surface area contributed by atoms with E-state index in [0.29, 0.717) is 5.75 Å². The molecular weight excluding hydrogens is 332 g/mol. The van der Waals surface area contributed by atoms with E-state index in [4.69, 9.17) is 10.5 Å². The lowest BCUT2D eigenvalue weighted by Crippen LogP contribution is -2.47. The Morgan fingerprint density at radius 3 is 2.21 bits per heavy atom. The van der Waals surface area contributed by atoms with Crippen LogP contribution in [0.25, 0.3) is 0 Å².